The Bertz CT molecular complexity index is 1010. The van der Waals surface area contributed by atoms with Gasteiger partial charge < -0.3 is 5.32 Å². The van der Waals surface area contributed by atoms with Crippen LogP contribution in [-0.4, -0.2) is 28.6 Å². The molecule has 3 aromatic rings. The Kier molecular flexibility index (Phi) is 4.12. The van der Waals surface area contributed by atoms with E-state index in [0.717, 1.165) is 16.5 Å². The lowest BCUT2D eigenvalue weighted by molar-refractivity contribution is -0.122. The van der Waals surface area contributed by atoms with Gasteiger partial charge in [0.05, 0.1) is 11.4 Å². The molecule has 0 unspecified atom stereocenters. The average Bonchev–Trinajstić information content (AvgIpc) is 3.21. The van der Waals surface area contributed by atoms with Gasteiger partial charge >= 0.3 is 0 Å². The Morgan fingerprint density at radius 2 is 2.12 bits per heavy atom. The summed E-state index contributed by atoms with van der Waals surface area (Å²) in [5, 5.41) is 11.5. The third kappa shape index (κ3) is 2.93. The number of aromatic nitrogens is 2. The summed E-state index contributed by atoms with van der Waals surface area (Å²) in [7, 11) is 0. The average molecular weight is 369 g/mol. The number of hydrogen-bond donors (Lipinski definition) is 2. The van der Waals surface area contributed by atoms with Crippen molar-refractivity contribution in [3.63, 3.8) is 0 Å². The van der Waals surface area contributed by atoms with Crippen LogP contribution in [0, 0.1) is 12.8 Å². The van der Waals surface area contributed by atoms with Crippen molar-refractivity contribution < 1.29 is 9.59 Å². The lowest BCUT2D eigenvalue weighted by Crippen LogP contribution is -2.28. The fraction of sp³-hybridized carbons (Fsp3) is 0.211. The molecule has 2 amide bonds. The monoisotopic (exact) mass is 368 g/mol. The first-order valence-electron chi connectivity index (χ1n) is 8.33. The van der Waals surface area contributed by atoms with E-state index >= 15 is 0 Å². The number of carbonyl (C=O) groups excluding carboxylic acids is 2. The van der Waals surface area contributed by atoms with Gasteiger partial charge in [0.25, 0.3) is 0 Å². The van der Waals surface area contributed by atoms with Crippen LogP contribution in [0.4, 0.5) is 11.5 Å². The number of nitrogens with zero attached hydrogens (tertiary/aromatic N) is 2. The molecule has 26 heavy (non-hydrogen) atoms. The molecule has 4 rings (SSSR count). The summed E-state index contributed by atoms with van der Waals surface area (Å²) in [4.78, 5) is 26.6. The molecule has 0 bridgehead atoms. The molecule has 0 aliphatic carbocycles. The molecule has 1 aromatic heterocycles. The molecule has 0 radical (unpaired) electrons. The van der Waals surface area contributed by atoms with Gasteiger partial charge in [0.1, 0.15) is 0 Å². The van der Waals surface area contributed by atoms with Crippen LogP contribution in [0.1, 0.15) is 12.0 Å². The summed E-state index contributed by atoms with van der Waals surface area (Å²) in [6.07, 6.45) is 0.159. The van der Waals surface area contributed by atoms with Gasteiger partial charge in [-0.1, -0.05) is 29.8 Å². The van der Waals surface area contributed by atoms with Crippen molar-refractivity contribution in [2.24, 2.45) is 5.92 Å². The van der Waals surface area contributed by atoms with E-state index in [1.165, 1.54) is 0 Å². The number of halogens is 1. The highest BCUT2D eigenvalue weighted by molar-refractivity contribution is 6.31. The minimum atomic E-state index is -0.432. The van der Waals surface area contributed by atoms with Crippen LogP contribution < -0.4 is 10.2 Å². The van der Waals surface area contributed by atoms with E-state index in [1.807, 2.05) is 37.3 Å². The van der Waals surface area contributed by atoms with Crippen molar-refractivity contribution in [3.8, 4) is 0 Å². The van der Waals surface area contributed by atoms with Gasteiger partial charge in [-0.3, -0.25) is 19.6 Å². The summed E-state index contributed by atoms with van der Waals surface area (Å²) in [6.45, 7) is 2.20. The molecule has 132 valence electrons. The number of aryl methyl sites for hydroxylation is 1. The molecule has 0 spiro atoms. The second-order valence-corrected chi connectivity index (χ2v) is 6.86. The molecule has 1 atom stereocenters. The van der Waals surface area contributed by atoms with Gasteiger partial charge in [-0.15, -0.1) is 0 Å². The SMILES string of the molecule is Cc1ccc(NC(=O)[C@H]2CC(=O)N(c3n[nH]c4ccccc34)C2)cc1Cl. The third-order valence-electron chi connectivity index (χ3n) is 4.64. The van der Waals surface area contributed by atoms with Gasteiger partial charge in [-0.25, -0.2) is 0 Å². The number of amides is 2. The maximum absolute atomic E-state index is 12.6. The number of aromatic amines is 1. The summed E-state index contributed by atoms with van der Waals surface area (Å²) >= 11 is 6.10. The normalized spacial score (nSPS) is 17.1. The molecule has 1 aliphatic rings. The van der Waals surface area contributed by atoms with Gasteiger partial charge in [0, 0.05) is 29.1 Å². The predicted octanol–water partition coefficient (Wildman–Crippen LogP) is 3.52. The van der Waals surface area contributed by atoms with E-state index in [9.17, 15) is 9.59 Å². The Morgan fingerprint density at radius 3 is 2.92 bits per heavy atom. The van der Waals surface area contributed by atoms with Crippen molar-refractivity contribution in [3.05, 3.63) is 53.1 Å². The molecule has 2 aromatic carbocycles. The lowest BCUT2D eigenvalue weighted by Gasteiger charge is -2.14. The molecule has 0 saturated carbocycles. The number of H-pyrrole nitrogens is 1. The fourth-order valence-corrected chi connectivity index (χ4v) is 3.34. The van der Waals surface area contributed by atoms with Crippen LogP contribution in [0.2, 0.25) is 5.02 Å². The van der Waals surface area contributed by atoms with Crippen LogP contribution in [0.5, 0.6) is 0 Å². The third-order valence-corrected chi connectivity index (χ3v) is 5.05. The van der Waals surface area contributed by atoms with Gasteiger partial charge in [-0.2, -0.15) is 5.10 Å². The van der Waals surface area contributed by atoms with Crippen molar-refractivity contribution in [2.75, 3.05) is 16.8 Å². The molecular weight excluding hydrogens is 352 g/mol. The van der Waals surface area contributed by atoms with Gasteiger partial charge in [0.15, 0.2) is 5.82 Å². The molecule has 2 N–H and O–H groups in total. The number of rotatable bonds is 3. The van der Waals surface area contributed by atoms with E-state index < -0.39 is 5.92 Å². The van der Waals surface area contributed by atoms with Crippen molar-refractivity contribution in [2.45, 2.75) is 13.3 Å². The zero-order valence-corrected chi connectivity index (χ0v) is 14.9. The maximum Gasteiger partial charge on any atom is 0.229 e. The molecule has 2 heterocycles. The number of fused-ring (bicyclic) bond motifs is 1. The Morgan fingerprint density at radius 1 is 1.31 bits per heavy atom. The van der Waals surface area contributed by atoms with Crippen LogP contribution in [-0.2, 0) is 9.59 Å². The number of anilines is 2. The van der Waals surface area contributed by atoms with E-state index in [0.29, 0.717) is 23.1 Å². The van der Waals surface area contributed by atoms with Crippen LogP contribution in [0.15, 0.2) is 42.5 Å². The molecule has 1 saturated heterocycles. The molecule has 7 heteroatoms. The van der Waals surface area contributed by atoms with Crippen LogP contribution in [0.3, 0.4) is 0 Å². The summed E-state index contributed by atoms with van der Waals surface area (Å²) in [5.74, 6) is -0.165. The Hall–Kier alpha value is -2.86. The molecular formula is C19H17ClN4O2. The highest BCUT2D eigenvalue weighted by Crippen LogP contribution is 2.30. The van der Waals surface area contributed by atoms with E-state index in [2.05, 4.69) is 15.5 Å². The van der Waals surface area contributed by atoms with Crippen LogP contribution >= 0.6 is 11.6 Å². The van der Waals surface area contributed by atoms with Gasteiger partial charge in [-0.05, 0) is 36.8 Å². The summed E-state index contributed by atoms with van der Waals surface area (Å²) < 4.78 is 0. The van der Waals surface area contributed by atoms with Crippen molar-refractivity contribution >= 4 is 45.8 Å². The second kappa shape index (κ2) is 6.46. The Balaban J connectivity index is 1.52. The zero-order chi connectivity index (χ0) is 18.3. The number of para-hydroxylation sites is 1. The van der Waals surface area contributed by atoms with Gasteiger partial charge in [0.2, 0.25) is 11.8 Å². The minimum absolute atomic E-state index is 0.107. The summed E-state index contributed by atoms with van der Waals surface area (Å²) in [5.41, 5.74) is 2.43. The van der Waals surface area contributed by atoms with E-state index in [1.54, 1.807) is 17.0 Å². The predicted molar refractivity (Wildman–Crippen MR) is 101 cm³/mol. The zero-order valence-electron chi connectivity index (χ0n) is 14.1. The quantitative estimate of drug-likeness (QED) is 0.742. The lowest BCUT2D eigenvalue weighted by atomic mass is 10.1. The summed E-state index contributed by atoms with van der Waals surface area (Å²) in [6, 6.07) is 13.0. The van der Waals surface area contributed by atoms with Crippen molar-refractivity contribution in [1.82, 2.24) is 10.2 Å². The van der Waals surface area contributed by atoms with Crippen LogP contribution in [0.25, 0.3) is 10.9 Å². The first-order valence-corrected chi connectivity index (χ1v) is 8.71. The molecule has 6 nitrogen and oxygen atoms in total. The Labute approximate surface area is 155 Å². The number of nitrogens with one attached hydrogen (secondary N) is 2. The smallest absolute Gasteiger partial charge is 0.229 e. The van der Waals surface area contributed by atoms with E-state index in [-0.39, 0.29) is 18.2 Å². The fourth-order valence-electron chi connectivity index (χ4n) is 3.16. The second-order valence-electron chi connectivity index (χ2n) is 6.45. The molecule has 1 aliphatic heterocycles. The highest BCUT2D eigenvalue weighted by atomic mass is 35.5. The highest BCUT2D eigenvalue weighted by Gasteiger charge is 2.36. The standard InChI is InChI=1S/C19H17ClN4O2/c1-11-6-7-13(9-15(11)20)21-19(26)12-8-17(25)24(10-12)18-14-4-2-3-5-16(14)22-23-18/h2-7,9,12H,8,10H2,1H3,(H,21,26)(H,22,23)/t12-/m0/s1. The first-order chi connectivity index (χ1) is 12.5. The minimum Gasteiger partial charge on any atom is -0.326 e. The number of carbonyl (C=O) groups is 2. The topological polar surface area (TPSA) is 78.1 Å². The maximum atomic E-state index is 12.6. The van der Waals surface area contributed by atoms with E-state index in [4.69, 9.17) is 11.6 Å². The number of hydrogen-bond acceptors (Lipinski definition) is 3. The van der Waals surface area contributed by atoms with Crippen molar-refractivity contribution in [1.29, 1.82) is 0 Å². The number of benzene rings is 2. The largest absolute Gasteiger partial charge is 0.326 e. The molecule has 1 fully saturated rings. The first kappa shape index (κ1) is 16.6.